The maximum Gasteiger partial charge on any atom is 0.208 e. The van der Waals surface area contributed by atoms with Crippen molar-refractivity contribution in [3.63, 3.8) is 0 Å². The van der Waals surface area contributed by atoms with E-state index in [1.54, 1.807) is 18.2 Å². The first-order valence-corrected chi connectivity index (χ1v) is 4.74. The van der Waals surface area contributed by atoms with E-state index in [1.807, 2.05) is 12.1 Å². The molecule has 0 saturated heterocycles. The lowest BCUT2D eigenvalue weighted by Gasteiger charge is -2.05. The summed E-state index contributed by atoms with van der Waals surface area (Å²) in [6.07, 6.45) is 2.01. The minimum absolute atomic E-state index is 0.173. The average molecular weight is 220 g/mol. The standard InChI is InChI=1S/C11H8O3S/c12-7-10-8(5-6-13-10)14-9-3-1-2-4-11(9)15/h1-7,15H. The third-order valence-corrected chi connectivity index (χ3v) is 2.22. The molecule has 0 amide bonds. The van der Waals surface area contributed by atoms with Crippen LogP contribution in [-0.4, -0.2) is 6.29 Å². The first-order chi connectivity index (χ1) is 7.31. The van der Waals surface area contributed by atoms with Crippen molar-refractivity contribution < 1.29 is 13.9 Å². The summed E-state index contributed by atoms with van der Waals surface area (Å²) in [7, 11) is 0. The monoisotopic (exact) mass is 220 g/mol. The van der Waals surface area contributed by atoms with Gasteiger partial charge in [-0.1, -0.05) is 12.1 Å². The van der Waals surface area contributed by atoms with Crippen molar-refractivity contribution in [2.45, 2.75) is 4.90 Å². The molecule has 1 heterocycles. The summed E-state index contributed by atoms with van der Waals surface area (Å²) in [6.45, 7) is 0. The Kier molecular flexibility index (Phi) is 2.78. The number of rotatable bonds is 3. The summed E-state index contributed by atoms with van der Waals surface area (Å²) in [6, 6.07) is 8.84. The molecule has 0 unspecified atom stereocenters. The van der Waals surface area contributed by atoms with Crippen LogP contribution >= 0.6 is 12.6 Å². The van der Waals surface area contributed by atoms with Gasteiger partial charge in [0.15, 0.2) is 12.0 Å². The SMILES string of the molecule is O=Cc1occc1Oc1ccccc1S. The van der Waals surface area contributed by atoms with E-state index < -0.39 is 0 Å². The predicted molar refractivity (Wildman–Crippen MR) is 57.9 cm³/mol. The van der Waals surface area contributed by atoms with Crippen LogP contribution in [0.15, 0.2) is 45.9 Å². The van der Waals surface area contributed by atoms with E-state index in [1.165, 1.54) is 6.26 Å². The lowest BCUT2D eigenvalue weighted by atomic mass is 10.3. The van der Waals surface area contributed by atoms with Crippen LogP contribution in [-0.2, 0) is 0 Å². The molecule has 0 saturated carbocycles. The fourth-order valence-electron chi connectivity index (χ4n) is 1.14. The molecule has 3 nitrogen and oxygen atoms in total. The highest BCUT2D eigenvalue weighted by Crippen LogP contribution is 2.29. The molecule has 1 aromatic carbocycles. The zero-order valence-corrected chi connectivity index (χ0v) is 8.61. The summed E-state index contributed by atoms with van der Waals surface area (Å²) < 4.78 is 10.4. The average Bonchev–Trinajstić information content (AvgIpc) is 2.69. The molecule has 0 N–H and O–H groups in total. The number of hydrogen-bond donors (Lipinski definition) is 1. The number of para-hydroxylation sites is 1. The zero-order valence-electron chi connectivity index (χ0n) is 7.71. The fraction of sp³-hybridized carbons (Fsp3) is 0. The number of benzene rings is 1. The van der Waals surface area contributed by atoms with E-state index in [4.69, 9.17) is 9.15 Å². The third kappa shape index (κ3) is 2.05. The van der Waals surface area contributed by atoms with Crippen LogP contribution in [0.3, 0.4) is 0 Å². The van der Waals surface area contributed by atoms with E-state index >= 15 is 0 Å². The van der Waals surface area contributed by atoms with Crippen LogP contribution < -0.4 is 4.74 Å². The molecule has 0 aliphatic carbocycles. The molecule has 2 aromatic rings. The molecule has 0 spiro atoms. The van der Waals surface area contributed by atoms with Crippen LogP contribution in [0.25, 0.3) is 0 Å². The second-order valence-corrected chi connectivity index (χ2v) is 3.32. The van der Waals surface area contributed by atoms with Gasteiger partial charge >= 0.3 is 0 Å². The van der Waals surface area contributed by atoms with Crippen molar-refractivity contribution in [3.8, 4) is 11.5 Å². The molecule has 2 rings (SSSR count). The van der Waals surface area contributed by atoms with E-state index in [0.29, 0.717) is 22.7 Å². The Morgan fingerprint density at radius 3 is 2.73 bits per heavy atom. The van der Waals surface area contributed by atoms with Crippen LogP contribution in [0, 0.1) is 0 Å². The number of aldehydes is 1. The second kappa shape index (κ2) is 4.23. The Morgan fingerprint density at radius 1 is 1.20 bits per heavy atom. The highest BCUT2D eigenvalue weighted by molar-refractivity contribution is 7.80. The molecule has 15 heavy (non-hydrogen) atoms. The van der Waals surface area contributed by atoms with E-state index in [2.05, 4.69) is 12.6 Å². The van der Waals surface area contributed by atoms with Gasteiger partial charge in [-0.25, -0.2) is 0 Å². The van der Waals surface area contributed by atoms with Gasteiger partial charge in [-0.3, -0.25) is 4.79 Å². The van der Waals surface area contributed by atoms with Crippen molar-refractivity contribution in [2.24, 2.45) is 0 Å². The highest BCUT2D eigenvalue weighted by Gasteiger charge is 2.08. The van der Waals surface area contributed by atoms with Crippen molar-refractivity contribution in [1.82, 2.24) is 0 Å². The Labute approximate surface area is 92.1 Å². The van der Waals surface area contributed by atoms with Crippen LogP contribution in [0.2, 0.25) is 0 Å². The zero-order chi connectivity index (χ0) is 10.7. The molecule has 0 fully saturated rings. The largest absolute Gasteiger partial charge is 0.457 e. The van der Waals surface area contributed by atoms with E-state index in [9.17, 15) is 4.79 Å². The Bertz CT molecular complexity index is 476. The van der Waals surface area contributed by atoms with Gasteiger partial charge in [-0.2, -0.15) is 0 Å². The Hall–Kier alpha value is -1.68. The molecule has 1 aromatic heterocycles. The number of thiol groups is 1. The number of carbonyl (C=O) groups excluding carboxylic acids is 1. The minimum atomic E-state index is 0.173. The van der Waals surface area contributed by atoms with Gasteiger partial charge in [0.25, 0.3) is 0 Å². The Morgan fingerprint density at radius 2 is 2.00 bits per heavy atom. The lowest BCUT2D eigenvalue weighted by molar-refractivity contribution is 0.109. The summed E-state index contributed by atoms with van der Waals surface area (Å²) >= 11 is 4.23. The van der Waals surface area contributed by atoms with Gasteiger partial charge in [0, 0.05) is 11.0 Å². The van der Waals surface area contributed by atoms with E-state index in [0.717, 1.165) is 0 Å². The predicted octanol–water partition coefficient (Wildman–Crippen LogP) is 3.17. The molecule has 0 atom stereocenters. The van der Waals surface area contributed by atoms with Gasteiger partial charge in [0.2, 0.25) is 5.76 Å². The van der Waals surface area contributed by atoms with Gasteiger partial charge in [-0.05, 0) is 12.1 Å². The fourth-order valence-corrected chi connectivity index (χ4v) is 1.35. The summed E-state index contributed by atoms with van der Waals surface area (Å²) in [5.74, 6) is 1.16. The van der Waals surface area contributed by atoms with Crippen molar-refractivity contribution in [3.05, 3.63) is 42.4 Å². The first kappa shape index (κ1) is 9.86. The van der Waals surface area contributed by atoms with Gasteiger partial charge in [0.05, 0.1) is 6.26 Å². The molecule has 76 valence electrons. The maximum atomic E-state index is 10.6. The second-order valence-electron chi connectivity index (χ2n) is 2.84. The normalized spacial score (nSPS) is 9.93. The lowest BCUT2D eigenvalue weighted by Crippen LogP contribution is -1.87. The summed E-state index contributed by atoms with van der Waals surface area (Å²) in [4.78, 5) is 11.3. The van der Waals surface area contributed by atoms with Gasteiger partial charge < -0.3 is 9.15 Å². The maximum absolute atomic E-state index is 10.6. The molecule has 0 aliphatic heterocycles. The summed E-state index contributed by atoms with van der Waals surface area (Å²) in [5.41, 5.74) is 0. The number of carbonyl (C=O) groups is 1. The van der Waals surface area contributed by atoms with Gasteiger partial charge in [0.1, 0.15) is 5.75 Å². The van der Waals surface area contributed by atoms with Crippen molar-refractivity contribution in [2.75, 3.05) is 0 Å². The first-order valence-electron chi connectivity index (χ1n) is 4.30. The van der Waals surface area contributed by atoms with Crippen LogP contribution in [0.4, 0.5) is 0 Å². The Balaban J connectivity index is 2.29. The number of furan rings is 1. The third-order valence-electron chi connectivity index (χ3n) is 1.85. The topological polar surface area (TPSA) is 39.4 Å². The smallest absolute Gasteiger partial charge is 0.208 e. The quantitative estimate of drug-likeness (QED) is 0.638. The summed E-state index contributed by atoms with van der Waals surface area (Å²) in [5, 5.41) is 0. The molecule has 4 heteroatoms. The minimum Gasteiger partial charge on any atom is -0.457 e. The van der Waals surface area contributed by atoms with Gasteiger partial charge in [-0.15, -0.1) is 12.6 Å². The molecular formula is C11H8O3S. The van der Waals surface area contributed by atoms with Crippen molar-refractivity contribution in [1.29, 1.82) is 0 Å². The molecule has 0 aliphatic rings. The van der Waals surface area contributed by atoms with Crippen LogP contribution in [0.1, 0.15) is 10.6 Å². The molecule has 0 bridgehead atoms. The highest BCUT2D eigenvalue weighted by atomic mass is 32.1. The van der Waals surface area contributed by atoms with E-state index in [-0.39, 0.29) is 5.76 Å². The number of ether oxygens (including phenoxy) is 1. The van der Waals surface area contributed by atoms with Crippen molar-refractivity contribution >= 4 is 18.9 Å². The number of hydrogen-bond acceptors (Lipinski definition) is 4. The molecule has 0 radical (unpaired) electrons. The molecular weight excluding hydrogens is 212 g/mol. The van der Waals surface area contributed by atoms with Crippen LogP contribution in [0.5, 0.6) is 11.5 Å².